The first-order chi connectivity index (χ1) is 9.93. The summed E-state index contributed by atoms with van der Waals surface area (Å²) >= 11 is 0. The fourth-order valence-electron chi connectivity index (χ4n) is 2.54. The number of aliphatic carboxylic acids is 1. The molecule has 21 heavy (non-hydrogen) atoms. The van der Waals surface area contributed by atoms with Crippen LogP contribution in [0.5, 0.6) is 0 Å². The van der Waals surface area contributed by atoms with E-state index in [4.69, 9.17) is 4.74 Å². The van der Waals surface area contributed by atoms with Crippen molar-refractivity contribution in [2.45, 2.75) is 26.9 Å². The molecule has 0 aliphatic carbocycles. The Balaban J connectivity index is 1.95. The van der Waals surface area contributed by atoms with Crippen LogP contribution in [-0.2, 0) is 16.1 Å². The molecule has 1 aliphatic heterocycles. The van der Waals surface area contributed by atoms with Gasteiger partial charge in [0.15, 0.2) is 0 Å². The summed E-state index contributed by atoms with van der Waals surface area (Å²) in [7, 11) is 0. The van der Waals surface area contributed by atoms with Gasteiger partial charge in [-0.25, -0.2) is 4.79 Å². The molecule has 1 aromatic carbocycles. The maximum atomic E-state index is 12.1. The highest BCUT2D eigenvalue weighted by molar-refractivity contribution is 5.77. The highest BCUT2D eigenvalue weighted by Gasteiger charge is 2.45. The topological polar surface area (TPSA) is 66.8 Å². The Bertz CT molecular complexity index is 516. The number of amides is 1. The van der Waals surface area contributed by atoms with Gasteiger partial charge in [-0.3, -0.25) is 4.79 Å². The predicted molar refractivity (Wildman–Crippen MR) is 77.7 cm³/mol. The smallest absolute Gasteiger partial charge is 0.410 e. The van der Waals surface area contributed by atoms with E-state index in [0.717, 1.165) is 5.56 Å². The molecule has 1 saturated heterocycles. The minimum atomic E-state index is -0.913. The summed E-state index contributed by atoms with van der Waals surface area (Å²) in [5.74, 6) is -0.830. The maximum Gasteiger partial charge on any atom is 0.410 e. The van der Waals surface area contributed by atoms with E-state index in [2.05, 4.69) is 0 Å². The number of benzene rings is 1. The van der Waals surface area contributed by atoms with Gasteiger partial charge in [0.25, 0.3) is 0 Å². The number of ether oxygens (including phenoxy) is 1. The van der Waals surface area contributed by atoms with Gasteiger partial charge in [0.2, 0.25) is 0 Å². The molecule has 5 nitrogen and oxygen atoms in total. The Hall–Kier alpha value is -2.04. The molecule has 2 rings (SSSR count). The summed E-state index contributed by atoms with van der Waals surface area (Å²) in [6, 6.07) is 9.43. The van der Waals surface area contributed by atoms with Crippen molar-refractivity contribution in [2.24, 2.45) is 11.3 Å². The van der Waals surface area contributed by atoms with Gasteiger partial charge >= 0.3 is 12.1 Å². The number of carbonyl (C=O) groups is 2. The Labute approximate surface area is 124 Å². The van der Waals surface area contributed by atoms with Crippen LogP contribution in [0.3, 0.4) is 0 Å². The number of carboxylic acid groups (broad SMARTS) is 1. The van der Waals surface area contributed by atoms with Crippen LogP contribution in [0, 0.1) is 11.3 Å². The molecule has 2 atom stereocenters. The lowest BCUT2D eigenvalue weighted by atomic mass is 9.73. The predicted octanol–water partition coefficient (Wildman–Crippen LogP) is 2.76. The molecule has 5 heteroatoms. The van der Waals surface area contributed by atoms with Crippen molar-refractivity contribution in [3.63, 3.8) is 0 Å². The van der Waals surface area contributed by atoms with Crippen LogP contribution in [0.15, 0.2) is 30.3 Å². The van der Waals surface area contributed by atoms with Crippen LogP contribution in [0.25, 0.3) is 0 Å². The van der Waals surface area contributed by atoms with Gasteiger partial charge in [-0.05, 0) is 24.8 Å². The number of rotatable bonds is 3. The third-order valence-electron chi connectivity index (χ3n) is 4.39. The molecular formula is C16H21NO4. The molecule has 2 unspecified atom stereocenters. The standard InChI is InChI=1S/C16H21NO4/c1-12-8-9-17(11-16(12,2)14(18)19)15(20)21-10-13-6-4-3-5-7-13/h3-7,12H,8-11H2,1-2H3,(H,18,19). The minimum Gasteiger partial charge on any atom is -0.481 e. The Morgan fingerprint density at radius 1 is 1.38 bits per heavy atom. The Morgan fingerprint density at radius 3 is 2.67 bits per heavy atom. The number of likely N-dealkylation sites (tertiary alicyclic amines) is 1. The summed E-state index contributed by atoms with van der Waals surface area (Å²) in [6.07, 6.45) is 0.224. The average molecular weight is 291 g/mol. The fraction of sp³-hybridized carbons (Fsp3) is 0.500. The van der Waals surface area contributed by atoms with Gasteiger partial charge in [0.05, 0.1) is 5.41 Å². The van der Waals surface area contributed by atoms with Gasteiger partial charge < -0.3 is 14.7 Å². The maximum absolute atomic E-state index is 12.1. The van der Waals surface area contributed by atoms with Gasteiger partial charge in [0.1, 0.15) is 6.61 Å². The zero-order valence-corrected chi connectivity index (χ0v) is 12.4. The van der Waals surface area contributed by atoms with Crippen molar-refractivity contribution < 1.29 is 19.4 Å². The van der Waals surface area contributed by atoms with Crippen molar-refractivity contribution in [1.29, 1.82) is 0 Å². The van der Waals surface area contributed by atoms with Crippen LogP contribution >= 0.6 is 0 Å². The number of carboxylic acids is 1. The van der Waals surface area contributed by atoms with Gasteiger partial charge in [-0.15, -0.1) is 0 Å². The molecule has 1 aromatic rings. The van der Waals surface area contributed by atoms with E-state index in [1.54, 1.807) is 6.92 Å². The van der Waals surface area contributed by atoms with Crippen LogP contribution in [0.4, 0.5) is 4.79 Å². The fourth-order valence-corrected chi connectivity index (χ4v) is 2.54. The number of carbonyl (C=O) groups excluding carboxylic acids is 1. The SMILES string of the molecule is CC1CCN(C(=O)OCc2ccccc2)CC1(C)C(=O)O. The molecule has 1 heterocycles. The molecule has 1 aliphatic rings. The minimum absolute atomic E-state index is 0.0353. The quantitative estimate of drug-likeness (QED) is 0.930. The van der Waals surface area contributed by atoms with Crippen LogP contribution in [-0.4, -0.2) is 35.2 Å². The highest BCUT2D eigenvalue weighted by atomic mass is 16.6. The molecule has 0 spiro atoms. The molecule has 0 aromatic heterocycles. The molecule has 1 N–H and O–H groups in total. The lowest BCUT2D eigenvalue weighted by Gasteiger charge is -2.41. The first-order valence-electron chi connectivity index (χ1n) is 7.12. The molecule has 1 amide bonds. The lowest BCUT2D eigenvalue weighted by molar-refractivity contribution is -0.154. The van der Waals surface area contributed by atoms with E-state index in [0.29, 0.717) is 13.0 Å². The summed E-state index contributed by atoms with van der Waals surface area (Å²) in [5, 5.41) is 9.40. The van der Waals surface area contributed by atoms with Gasteiger partial charge in [-0.2, -0.15) is 0 Å². The average Bonchev–Trinajstić information content (AvgIpc) is 2.48. The molecule has 1 fully saturated rings. The summed E-state index contributed by atoms with van der Waals surface area (Å²) in [5.41, 5.74) is 0.00141. The van der Waals surface area contributed by atoms with Crippen molar-refractivity contribution in [3.8, 4) is 0 Å². The molecular weight excluding hydrogens is 270 g/mol. The van der Waals surface area contributed by atoms with E-state index in [1.165, 1.54) is 4.90 Å². The number of hydrogen-bond acceptors (Lipinski definition) is 3. The summed E-state index contributed by atoms with van der Waals surface area (Å²) in [6.45, 7) is 4.54. The molecule has 0 radical (unpaired) electrons. The third kappa shape index (κ3) is 3.35. The van der Waals surface area contributed by atoms with Crippen molar-refractivity contribution in [3.05, 3.63) is 35.9 Å². The van der Waals surface area contributed by atoms with E-state index in [-0.39, 0.29) is 19.1 Å². The van der Waals surface area contributed by atoms with Crippen LogP contribution in [0.1, 0.15) is 25.8 Å². The second kappa shape index (κ2) is 6.16. The lowest BCUT2D eigenvalue weighted by Crippen LogP contribution is -2.52. The Kier molecular flexibility index (Phi) is 4.50. The van der Waals surface area contributed by atoms with Gasteiger partial charge in [-0.1, -0.05) is 37.3 Å². The van der Waals surface area contributed by atoms with Crippen LogP contribution < -0.4 is 0 Å². The van der Waals surface area contributed by atoms with E-state index >= 15 is 0 Å². The summed E-state index contributed by atoms with van der Waals surface area (Å²) < 4.78 is 5.27. The summed E-state index contributed by atoms with van der Waals surface area (Å²) in [4.78, 5) is 25.1. The number of nitrogens with zero attached hydrogens (tertiary/aromatic N) is 1. The van der Waals surface area contributed by atoms with E-state index in [1.807, 2.05) is 37.3 Å². The second-order valence-corrected chi connectivity index (χ2v) is 5.87. The Morgan fingerprint density at radius 2 is 2.05 bits per heavy atom. The number of hydrogen-bond donors (Lipinski definition) is 1. The van der Waals surface area contributed by atoms with E-state index in [9.17, 15) is 14.7 Å². The normalized spacial score (nSPS) is 25.4. The van der Waals surface area contributed by atoms with Crippen molar-refractivity contribution >= 4 is 12.1 Å². The highest BCUT2D eigenvalue weighted by Crippen LogP contribution is 2.35. The molecule has 0 bridgehead atoms. The first kappa shape index (κ1) is 15.4. The van der Waals surface area contributed by atoms with Gasteiger partial charge in [0, 0.05) is 13.1 Å². The zero-order chi connectivity index (χ0) is 15.5. The largest absolute Gasteiger partial charge is 0.481 e. The van der Waals surface area contributed by atoms with Crippen molar-refractivity contribution in [1.82, 2.24) is 4.90 Å². The molecule has 114 valence electrons. The first-order valence-corrected chi connectivity index (χ1v) is 7.12. The molecule has 0 saturated carbocycles. The van der Waals surface area contributed by atoms with Crippen molar-refractivity contribution in [2.75, 3.05) is 13.1 Å². The van der Waals surface area contributed by atoms with Crippen LogP contribution in [0.2, 0.25) is 0 Å². The third-order valence-corrected chi connectivity index (χ3v) is 4.39. The number of piperidine rings is 1. The van der Waals surface area contributed by atoms with E-state index < -0.39 is 17.5 Å². The second-order valence-electron chi connectivity index (χ2n) is 5.87. The monoisotopic (exact) mass is 291 g/mol. The zero-order valence-electron chi connectivity index (χ0n) is 12.4.